The third kappa shape index (κ3) is 3.10. The molecule has 0 radical (unpaired) electrons. The molecule has 0 saturated heterocycles. The molecule has 0 atom stereocenters. The third-order valence-electron chi connectivity index (χ3n) is 3.21. The van der Waals surface area contributed by atoms with Crippen molar-refractivity contribution in [1.82, 2.24) is 9.88 Å². The molecule has 1 aliphatic rings. The lowest BCUT2D eigenvalue weighted by molar-refractivity contribution is 0.503. The Hall–Kier alpha value is -1.49. The van der Waals surface area contributed by atoms with Crippen LogP contribution in [0, 0.1) is 0 Å². The van der Waals surface area contributed by atoms with Crippen molar-refractivity contribution >= 4 is 41.0 Å². The fourth-order valence-corrected chi connectivity index (χ4v) is 2.13. The monoisotopic (exact) mass is 364 g/mol. The number of hydrogen-bond donors (Lipinski definition) is 1. The summed E-state index contributed by atoms with van der Waals surface area (Å²) in [4.78, 5) is 5.44. The van der Waals surface area contributed by atoms with Crippen molar-refractivity contribution < 1.29 is 0 Å². The van der Waals surface area contributed by atoms with Gasteiger partial charge in [0.2, 0.25) is 0 Å². The lowest BCUT2D eigenvalue weighted by Gasteiger charge is -2.15. The summed E-state index contributed by atoms with van der Waals surface area (Å²) in [7, 11) is 2.08. The van der Waals surface area contributed by atoms with Gasteiger partial charge < -0.3 is 9.88 Å². The lowest BCUT2D eigenvalue weighted by atomic mass is 10.1. The van der Waals surface area contributed by atoms with Crippen LogP contribution >= 0.6 is 24.0 Å². The van der Waals surface area contributed by atoms with E-state index in [0.29, 0.717) is 0 Å². The number of para-hydroxylation sites is 1. The van der Waals surface area contributed by atoms with Crippen molar-refractivity contribution in [3.8, 4) is 0 Å². The zero-order valence-electron chi connectivity index (χ0n) is 10.8. The second-order valence-corrected chi connectivity index (χ2v) is 4.58. The average molecular weight is 364 g/mol. The molecule has 0 fully saturated rings. The van der Waals surface area contributed by atoms with Crippen molar-refractivity contribution in [2.45, 2.75) is 0 Å². The van der Waals surface area contributed by atoms with Crippen LogP contribution in [0.15, 0.2) is 60.5 Å². The molecule has 0 unspecified atom stereocenters. The van der Waals surface area contributed by atoms with Gasteiger partial charge in [-0.1, -0.05) is 36.4 Å². The minimum Gasteiger partial charge on any atom is -0.377 e. The smallest absolute Gasteiger partial charge is 0.0460 e. The first-order chi connectivity index (χ1) is 8.83. The maximum absolute atomic E-state index is 3.29. The minimum absolute atomic E-state index is 0. The van der Waals surface area contributed by atoms with Gasteiger partial charge in [-0.2, -0.15) is 0 Å². The van der Waals surface area contributed by atoms with Gasteiger partial charge in [-0.15, -0.1) is 24.0 Å². The van der Waals surface area contributed by atoms with E-state index in [4.69, 9.17) is 0 Å². The molecule has 0 aliphatic carbocycles. The predicted octanol–water partition coefficient (Wildman–Crippen LogP) is 4.18. The number of aromatic nitrogens is 1. The Morgan fingerprint density at radius 1 is 1.21 bits per heavy atom. The minimum atomic E-state index is 0. The van der Waals surface area contributed by atoms with Gasteiger partial charge in [-0.3, -0.25) is 0 Å². The van der Waals surface area contributed by atoms with E-state index in [0.717, 1.165) is 6.54 Å². The van der Waals surface area contributed by atoms with Gasteiger partial charge in [0.25, 0.3) is 0 Å². The van der Waals surface area contributed by atoms with Crippen LogP contribution < -0.4 is 0 Å². The molecule has 1 aromatic carbocycles. The van der Waals surface area contributed by atoms with E-state index in [1.807, 2.05) is 0 Å². The van der Waals surface area contributed by atoms with Gasteiger partial charge in [0, 0.05) is 30.7 Å². The summed E-state index contributed by atoms with van der Waals surface area (Å²) < 4.78 is 0. The molecule has 1 aliphatic heterocycles. The molecule has 0 amide bonds. The number of benzene rings is 1. The molecule has 3 rings (SSSR count). The van der Waals surface area contributed by atoms with Crippen LogP contribution in [0.5, 0.6) is 0 Å². The van der Waals surface area contributed by atoms with Crippen LogP contribution in [0.4, 0.5) is 0 Å². The van der Waals surface area contributed by atoms with Crippen LogP contribution in [0.3, 0.4) is 0 Å². The highest BCUT2D eigenvalue weighted by Crippen LogP contribution is 2.20. The molecule has 2 nitrogen and oxygen atoms in total. The normalized spacial score (nSPS) is 14.8. The summed E-state index contributed by atoms with van der Waals surface area (Å²) in [5.41, 5.74) is 3.68. The predicted molar refractivity (Wildman–Crippen MR) is 92.6 cm³/mol. The fourth-order valence-electron chi connectivity index (χ4n) is 2.13. The number of allylic oxidation sites excluding steroid dienone is 3. The van der Waals surface area contributed by atoms with Crippen LogP contribution in [-0.2, 0) is 0 Å². The van der Waals surface area contributed by atoms with Crippen molar-refractivity contribution in [3.05, 3.63) is 66.0 Å². The number of likely N-dealkylation sites (N-methyl/N-ethyl adjacent to an activating group) is 1. The number of nitrogens with zero attached hydrogens (tertiary/aromatic N) is 1. The first kappa shape index (κ1) is 13.9. The van der Waals surface area contributed by atoms with E-state index in [1.54, 1.807) is 0 Å². The van der Waals surface area contributed by atoms with Crippen LogP contribution in [-0.4, -0.2) is 23.5 Å². The Labute approximate surface area is 130 Å². The van der Waals surface area contributed by atoms with Crippen LogP contribution in [0.25, 0.3) is 17.0 Å². The van der Waals surface area contributed by atoms with E-state index < -0.39 is 0 Å². The number of fused-ring (bicyclic) bond motifs is 1. The van der Waals surface area contributed by atoms with E-state index in [9.17, 15) is 0 Å². The summed E-state index contributed by atoms with van der Waals surface area (Å²) in [6.07, 6.45) is 12.9. The van der Waals surface area contributed by atoms with Gasteiger partial charge in [0.05, 0.1) is 0 Å². The molecule has 1 aromatic heterocycles. The van der Waals surface area contributed by atoms with E-state index in [-0.39, 0.29) is 24.0 Å². The molecule has 2 aromatic rings. The molecule has 0 spiro atoms. The SMILES string of the molecule is CN1C=CC(/C=C/c2c[nH]c3ccccc23)=CC1.I. The van der Waals surface area contributed by atoms with Gasteiger partial charge in [0.15, 0.2) is 0 Å². The fraction of sp³-hybridized carbons (Fsp3) is 0.125. The number of nitrogens with one attached hydrogen (secondary N) is 1. The van der Waals surface area contributed by atoms with E-state index in [2.05, 4.69) is 77.9 Å². The van der Waals surface area contributed by atoms with Gasteiger partial charge in [-0.25, -0.2) is 0 Å². The molecular weight excluding hydrogens is 347 g/mol. The maximum Gasteiger partial charge on any atom is 0.0460 e. The Morgan fingerprint density at radius 2 is 2.05 bits per heavy atom. The zero-order valence-corrected chi connectivity index (χ0v) is 13.2. The van der Waals surface area contributed by atoms with Crippen LogP contribution in [0.2, 0.25) is 0 Å². The third-order valence-corrected chi connectivity index (χ3v) is 3.21. The highest BCUT2D eigenvalue weighted by atomic mass is 127. The van der Waals surface area contributed by atoms with E-state index >= 15 is 0 Å². The Kier molecular flexibility index (Phi) is 4.47. The number of halogens is 1. The summed E-state index contributed by atoms with van der Waals surface area (Å²) in [6.45, 7) is 0.976. The van der Waals surface area contributed by atoms with Crippen molar-refractivity contribution in [2.75, 3.05) is 13.6 Å². The second kappa shape index (κ2) is 6.10. The lowest BCUT2D eigenvalue weighted by Crippen LogP contribution is -2.12. The molecule has 1 N–H and O–H groups in total. The van der Waals surface area contributed by atoms with Crippen LogP contribution in [0.1, 0.15) is 5.56 Å². The summed E-state index contributed by atoms with van der Waals surface area (Å²) >= 11 is 0. The summed E-state index contributed by atoms with van der Waals surface area (Å²) in [5, 5.41) is 1.27. The Morgan fingerprint density at radius 3 is 2.84 bits per heavy atom. The molecular formula is C16H17IN2. The van der Waals surface area contributed by atoms with E-state index in [1.165, 1.54) is 22.0 Å². The van der Waals surface area contributed by atoms with Gasteiger partial charge >= 0.3 is 0 Å². The topological polar surface area (TPSA) is 19.0 Å². The maximum atomic E-state index is 3.29. The Balaban J connectivity index is 0.00000133. The first-order valence-electron chi connectivity index (χ1n) is 6.16. The average Bonchev–Trinajstić information content (AvgIpc) is 2.82. The Bertz CT molecular complexity index is 650. The molecule has 2 heterocycles. The molecule has 3 heteroatoms. The highest BCUT2D eigenvalue weighted by molar-refractivity contribution is 14.0. The summed E-state index contributed by atoms with van der Waals surface area (Å²) in [5.74, 6) is 0. The molecule has 98 valence electrons. The zero-order chi connectivity index (χ0) is 12.4. The number of aromatic amines is 1. The van der Waals surface area contributed by atoms with Crippen molar-refractivity contribution in [3.63, 3.8) is 0 Å². The molecule has 0 saturated carbocycles. The first-order valence-corrected chi connectivity index (χ1v) is 6.16. The molecule has 0 bridgehead atoms. The second-order valence-electron chi connectivity index (χ2n) is 4.58. The number of hydrogen-bond acceptors (Lipinski definition) is 1. The molecule has 19 heavy (non-hydrogen) atoms. The van der Waals surface area contributed by atoms with Crippen molar-refractivity contribution in [2.24, 2.45) is 0 Å². The highest BCUT2D eigenvalue weighted by Gasteiger charge is 2.00. The number of H-pyrrole nitrogens is 1. The van der Waals surface area contributed by atoms with Gasteiger partial charge in [0.1, 0.15) is 0 Å². The van der Waals surface area contributed by atoms with Crippen molar-refractivity contribution in [1.29, 1.82) is 0 Å². The quantitative estimate of drug-likeness (QED) is 0.792. The summed E-state index contributed by atoms with van der Waals surface area (Å²) in [6, 6.07) is 8.36. The van der Waals surface area contributed by atoms with Gasteiger partial charge in [-0.05, 0) is 29.5 Å². The standard InChI is InChI=1S/C16H16N2.HI/c1-18-10-8-13(9-11-18)6-7-14-12-17-16-5-3-2-4-15(14)16;/h2-10,12,17H,11H2,1H3;1H/b7-6+;. The largest absolute Gasteiger partial charge is 0.377 e. The number of rotatable bonds is 2.